The minimum absolute atomic E-state index is 0.257. The van der Waals surface area contributed by atoms with E-state index in [0.717, 1.165) is 9.87 Å². The SMILES string of the molecule is CCOc1ccc(NS(=O)(=O)N(C)C)cc1CCl. The molecule has 0 saturated heterocycles. The van der Waals surface area contributed by atoms with Gasteiger partial charge in [0.1, 0.15) is 5.75 Å². The molecule has 18 heavy (non-hydrogen) atoms. The molecule has 102 valence electrons. The summed E-state index contributed by atoms with van der Waals surface area (Å²) in [4.78, 5) is 0. The van der Waals surface area contributed by atoms with Crippen LogP contribution in [0.25, 0.3) is 0 Å². The third kappa shape index (κ3) is 3.76. The van der Waals surface area contributed by atoms with Crippen LogP contribution in [0.15, 0.2) is 18.2 Å². The van der Waals surface area contributed by atoms with Crippen LogP contribution >= 0.6 is 11.6 Å². The molecule has 1 rings (SSSR count). The molecule has 0 aliphatic carbocycles. The Morgan fingerprint density at radius 3 is 2.56 bits per heavy atom. The standard InChI is InChI=1S/C11H17ClN2O3S/c1-4-17-11-6-5-10(7-9(11)8-12)13-18(15,16)14(2)3/h5-7,13H,4,8H2,1-3H3. The van der Waals surface area contributed by atoms with Crippen molar-refractivity contribution in [3.05, 3.63) is 23.8 Å². The van der Waals surface area contributed by atoms with Gasteiger partial charge in [-0.3, -0.25) is 4.72 Å². The number of nitrogens with zero attached hydrogens (tertiary/aromatic N) is 1. The fraction of sp³-hybridized carbons (Fsp3) is 0.455. The molecule has 1 aromatic rings. The highest BCUT2D eigenvalue weighted by molar-refractivity contribution is 7.90. The second-order valence-corrected chi connectivity index (χ2v) is 5.93. The van der Waals surface area contributed by atoms with Gasteiger partial charge in [-0.2, -0.15) is 12.7 Å². The van der Waals surface area contributed by atoms with E-state index in [9.17, 15) is 8.42 Å². The second-order valence-electron chi connectivity index (χ2n) is 3.78. The predicted molar refractivity (Wildman–Crippen MR) is 73.4 cm³/mol. The molecular weight excluding hydrogens is 276 g/mol. The van der Waals surface area contributed by atoms with Gasteiger partial charge in [-0.1, -0.05) is 0 Å². The Bertz CT molecular complexity index is 503. The zero-order valence-corrected chi connectivity index (χ0v) is 12.2. The van der Waals surface area contributed by atoms with Crippen LogP contribution in [-0.2, 0) is 16.1 Å². The molecule has 0 aliphatic heterocycles. The number of benzene rings is 1. The first-order chi connectivity index (χ1) is 8.40. The lowest BCUT2D eigenvalue weighted by Crippen LogP contribution is -2.28. The minimum Gasteiger partial charge on any atom is -0.494 e. The Hall–Kier alpha value is -0.980. The van der Waals surface area contributed by atoms with Crippen molar-refractivity contribution < 1.29 is 13.2 Å². The van der Waals surface area contributed by atoms with E-state index in [0.29, 0.717) is 18.0 Å². The first-order valence-corrected chi connectivity index (χ1v) is 7.40. The molecule has 0 amide bonds. The van der Waals surface area contributed by atoms with E-state index >= 15 is 0 Å². The molecule has 0 spiro atoms. The van der Waals surface area contributed by atoms with Gasteiger partial charge in [-0.25, -0.2) is 0 Å². The molecule has 5 nitrogen and oxygen atoms in total. The topological polar surface area (TPSA) is 58.6 Å². The van der Waals surface area contributed by atoms with Crippen molar-refractivity contribution >= 4 is 27.5 Å². The fourth-order valence-electron chi connectivity index (χ4n) is 1.28. The molecule has 0 atom stereocenters. The molecule has 0 radical (unpaired) electrons. The summed E-state index contributed by atoms with van der Waals surface area (Å²) in [5.41, 5.74) is 1.21. The van der Waals surface area contributed by atoms with Crippen molar-refractivity contribution in [2.45, 2.75) is 12.8 Å². The van der Waals surface area contributed by atoms with Gasteiger partial charge in [0.05, 0.1) is 18.2 Å². The monoisotopic (exact) mass is 292 g/mol. The second kappa shape index (κ2) is 6.26. The van der Waals surface area contributed by atoms with Crippen LogP contribution in [0.1, 0.15) is 12.5 Å². The van der Waals surface area contributed by atoms with Gasteiger partial charge in [-0.15, -0.1) is 11.6 Å². The smallest absolute Gasteiger partial charge is 0.301 e. The molecule has 0 saturated carbocycles. The van der Waals surface area contributed by atoms with E-state index in [1.54, 1.807) is 18.2 Å². The summed E-state index contributed by atoms with van der Waals surface area (Å²) in [6.07, 6.45) is 0. The van der Waals surface area contributed by atoms with Crippen molar-refractivity contribution in [2.24, 2.45) is 0 Å². The van der Waals surface area contributed by atoms with Gasteiger partial charge in [0.2, 0.25) is 0 Å². The third-order valence-corrected chi connectivity index (χ3v) is 3.97. The number of hydrogen-bond donors (Lipinski definition) is 1. The third-order valence-electron chi connectivity index (χ3n) is 2.23. The van der Waals surface area contributed by atoms with Crippen LogP contribution in [0, 0.1) is 0 Å². The lowest BCUT2D eigenvalue weighted by Gasteiger charge is -2.15. The maximum Gasteiger partial charge on any atom is 0.301 e. The van der Waals surface area contributed by atoms with E-state index in [1.165, 1.54) is 14.1 Å². The van der Waals surface area contributed by atoms with E-state index in [-0.39, 0.29) is 5.88 Å². The molecule has 1 aromatic carbocycles. The lowest BCUT2D eigenvalue weighted by molar-refractivity contribution is 0.337. The van der Waals surface area contributed by atoms with E-state index in [2.05, 4.69) is 4.72 Å². The summed E-state index contributed by atoms with van der Waals surface area (Å²) in [6.45, 7) is 2.41. The average molecular weight is 293 g/mol. The summed E-state index contributed by atoms with van der Waals surface area (Å²) in [7, 11) is -0.587. The number of anilines is 1. The number of rotatable bonds is 6. The molecular formula is C11H17ClN2O3S. The summed E-state index contributed by atoms with van der Waals surface area (Å²) in [5.74, 6) is 0.924. The largest absolute Gasteiger partial charge is 0.494 e. The highest BCUT2D eigenvalue weighted by Gasteiger charge is 2.14. The van der Waals surface area contributed by atoms with Gasteiger partial charge in [0.25, 0.3) is 0 Å². The first-order valence-electron chi connectivity index (χ1n) is 5.42. The minimum atomic E-state index is -3.50. The van der Waals surface area contributed by atoms with Crippen LogP contribution in [0.3, 0.4) is 0 Å². The number of halogens is 1. The summed E-state index contributed by atoms with van der Waals surface area (Å²) >= 11 is 5.81. The Morgan fingerprint density at radius 1 is 1.39 bits per heavy atom. The highest BCUT2D eigenvalue weighted by Crippen LogP contribution is 2.25. The maximum atomic E-state index is 11.7. The molecule has 0 bridgehead atoms. The average Bonchev–Trinajstić information content (AvgIpc) is 2.30. The Morgan fingerprint density at radius 2 is 2.06 bits per heavy atom. The lowest BCUT2D eigenvalue weighted by atomic mass is 10.2. The molecule has 0 unspecified atom stereocenters. The van der Waals surface area contributed by atoms with Crippen LogP contribution in [0.5, 0.6) is 5.75 Å². The zero-order chi connectivity index (χ0) is 13.8. The van der Waals surface area contributed by atoms with E-state index < -0.39 is 10.2 Å². The summed E-state index contributed by atoms with van der Waals surface area (Å²) in [6, 6.07) is 5.01. The van der Waals surface area contributed by atoms with Crippen LogP contribution < -0.4 is 9.46 Å². The Kier molecular flexibility index (Phi) is 5.25. The van der Waals surface area contributed by atoms with Crippen molar-refractivity contribution in [2.75, 3.05) is 25.4 Å². The Balaban J connectivity index is 2.99. The molecule has 0 heterocycles. The van der Waals surface area contributed by atoms with Crippen molar-refractivity contribution in [1.29, 1.82) is 0 Å². The van der Waals surface area contributed by atoms with Crippen molar-refractivity contribution in [3.8, 4) is 5.75 Å². The summed E-state index contributed by atoms with van der Waals surface area (Å²) < 4.78 is 32.3. The quantitative estimate of drug-likeness (QED) is 0.816. The predicted octanol–water partition coefficient (Wildman–Crippen LogP) is 2.04. The zero-order valence-electron chi connectivity index (χ0n) is 10.6. The number of alkyl halides is 1. The van der Waals surface area contributed by atoms with Crippen LogP contribution in [0.2, 0.25) is 0 Å². The van der Waals surface area contributed by atoms with Crippen LogP contribution in [-0.4, -0.2) is 33.4 Å². The molecule has 7 heteroatoms. The van der Waals surface area contributed by atoms with Gasteiger partial charge in [0, 0.05) is 19.7 Å². The van der Waals surface area contributed by atoms with Crippen molar-refractivity contribution in [3.63, 3.8) is 0 Å². The summed E-state index contributed by atoms with van der Waals surface area (Å²) in [5, 5.41) is 0. The highest BCUT2D eigenvalue weighted by atomic mass is 35.5. The number of ether oxygens (including phenoxy) is 1. The van der Waals surface area contributed by atoms with Gasteiger partial charge in [0.15, 0.2) is 0 Å². The van der Waals surface area contributed by atoms with Gasteiger partial charge in [-0.05, 0) is 25.1 Å². The fourth-order valence-corrected chi connectivity index (χ4v) is 2.10. The Labute approximate surface area is 113 Å². The molecule has 0 aliphatic rings. The van der Waals surface area contributed by atoms with Crippen LogP contribution in [0.4, 0.5) is 5.69 Å². The van der Waals surface area contributed by atoms with Gasteiger partial charge < -0.3 is 4.74 Å². The first kappa shape index (κ1) is 15.1. The maximum absolute atomic E-state index is 11.7. The van der Waals surface area contributed by atoms with E-state index in [1.807, 2.05) is 6.92 Å². The number of nitrogens with one attached hydrogen (secondary N) is 1. The van der Waals surface area contributed by atoms with Gasteiger partial charge >= 0.3 is 10.2 Å². The van der Waals surface area contributed by atoms with E-state index in [4.69, 9.17) is 16.3 Å². The normalized spacial score (nSPS) is 11.6. The molecule has 0 fully saturated rings. The molecule has 0 aromatic heterocycles. The number of hydrogen-bond acceptors (Lipinski definition) is 3. The van der Waals surface area contributed by atoms with Crippen molar-refractivity contribution in [1.82, 2.24) is 4.31 Å². The molecule has 1 N–H and O–H groups in total.